The highest BCUT2D eigenvalue weighted by Crippen LogP contribution is 2.35. The van der Waals surface area contributed by atoms with Gasteiger partial charge >= 0.3 is 6.03 Å². The Labute approximate surface area is 191 Å². The lowest BCUT2D eigenvalue weighted by Crippen LogP contribution is -2.46. The summed E-state index contributed by atoms with van der Waals surface area (Å²) in [5.41, 5.74) is 0.599. The van der Waals surface area contributed by atoms with Crippen LogP contribution in [0.5, 0.6) is 0 Å². The molecule has 174 valence electrons. The highest BCUT2D eigenvalue weighted by atomic mass is 35.5. The molecular formula is C22H20ClF3N4O3. The van der Waals surface area contributed by atoms with Gasteiger partial charge in [0, 0.05) is 43.6 Å². The predicted molar refractivity (Wildman–Crippen MR) is 118 cm³/mol. The lowest BCUT2D eigenvalue weighted by Gasteiger charge is -2.39. The van der Waals surface area contributed by atoms with Gasteiger partial charge < -0.3 is 20.3 Å². The van der Waals surface area contributed by atoms with E-state index >= 15 is 0 Å². The zero-order valence-corrected chi connectivity index (χ0v) is 18.2. The Kier molecular flexibility index (Phi) is 6.33. The van der Waals surface area contributed by atoms with E-state index in [9.17, 15) is 27.9 Å². The van der Waals surface area contributed by atoms with Crippen molar-refractivity contribution in [1.29, 1.82) is 0 Å². The molecule has 0 saturated carbocycles. The van der Waals surface area contributed by atoms with E-state index in [1.54, 1.807) is 0 Å². The largest absolute Gasteiger partial charge is 0.395 e. The lowest BCUT2D eigenvalue weighted by molar-refractivity contribution is 0.129. The zero-order valence-electron chi connectivity index (χ0n) is 17.5. The number of carbonyl (C=O) groups is 1. The highest BCUT2D eigenvalue weighted by Gasteiger charge is 2.33. The molecule has 3 aromatic rings. The topological polar surface area (TPSA) is 88.7 Å². The van der Waals surface area contributed by atoms with E-state index in [0.29, 0.717) is 11.3 Å². The number of β-amino-alcohol motifs (C(OH)–C–C–N with tert-alkyl or cyclic N) is 1. The molecule has 1 aliphatic heterocycles. The summed E-state index contributed by atoms with van der Waals surface area (Å²) in [5, 5.41) is 12.0. The maximum atomic E-state index is 14.1. The van der Waals surface area contributed by atoms with Crippen molar-refractivity contribution in [2.24, 2.45) is 0 Å². The fourth-order valence-electron chi connectivity index (χ4n) is 4.08. The number of carbonyl (C=O) groups excluding carboxylic acids is 1. The Morgan fingerprint density at radius 2 is 1.91 bits per heavy atom. The second-order valence-corrected chi connectivity index (χ2v) is 8.21. The van der Waals surface area contributed by atoms with Gasteiger partial charge in [0.2, 0.25) is 0 Å². The molecule has 4 rings (SSSR count). The summed E-state index contributed by atoms with van der Waals surface area (Å²) in [6, 6.07) is 4.28. The molecule has 0 unspecified atom stereocenters. The Balaban J connectivity index is 1.77. The molecule has 11 heteroatoms. The fraction of sp³-hybridized carbons (Fsp3) is 0.273. The maximum absolute atomic E-state index is 14.1. The van der Waals surface area contributed by atoms with Gasteiger partial charge in [0.1, 0.15) is 5.82 Å². The van der Waals surface area contributed by atoms with E-state index in [2.05, 4.69) is 10.3 Å². The first-order chi connectivity index (χ1) is 15.7. The minimum atomic E-state index is -1.15. The smallest absolute Gasteiger partial charge is 0.322 e. The van der Waals surface area contributed by atoms with Gasteiger partial charge in [-0.25, -0.2) is 18.0 Å². The van der Waals surface area contributed by atoms with Crippen LogP contribution in [0.25, 0.3) is 10.8 Å². The third-order valence-electron chi connectivity index (χ3n) is 5.71. The molecule has 7 nitrogen and oxygen atoms in total. The minimum Gasteiger partial charge on any atom is -0.395 e. The number of hydrogen-bond acceptors (Lipinski definition) is 4. The molecule has 1 aromatic heterocycles. The van der Waals surface area contributed by atoms with Gasteiger partial charge in [0.15, 0.2) is 11.6 Å². The van der Waals surface area contributed by atoms with E-state index in [0.717, 1.165) is 18.2 Å². The Bertz CT molecular complexity index is 1300. The van der Waals surface area contributed by atoms with Crippen molar-refractivity contribution >= 4 is 34.1 Å². The van der Waals surface area contributed by atoms with Gasteiger partial charge in [-0.3, -0.25) is 9.69 Å². The number of aromatic nitrogens is 1. The van der Waals surface area contributed by atoms with Crippen LogP contribution in [0.2, 0.25) is 5.02 Å². The first-order valence-electron chi connectivity index (χ1n) is 10.1. The quantitative estimate of drug-likeness (QED) is 0.532. The summed E-state index contributed by atoms with van der Waals surface area (Å²) < 4.78 is 41.4. The molecule has 1 atom stereocenters. The van der Waals surface area contributed by atoms with Crippen molar-refractivity contribution in [2.45, 2.75) is 12.6 Å². The van der Waals surface area contributed by atoms with Crippen molar-refractivity contribution < 1.29 is 23.1 Å². The van der Waals surface area contributed by atoms with Crippen molar-refractivity contribution in [3.05, 3.63) is 74.4 Å². The first-order valence-corrected chi connectivity index (χ1v) is 10.4. The molecule has 0 bridgehead atoms. The third kappa shape index (κ3) is 4.41. The highest BCUT2D eigenvalue weighted by molar-refractivity contribution is 6.31. The van der Waals surface area contributed by atoms with Crippen molar-refractivity contribution in [3.63, 3.8) is 0 Å². The van der Waals surface area contributed by atoms with E-state index < -0.39 is 35.1 Å². The second kappa shape index (κ2) is 9.05. The number of urea groups is 1. The number of aromatic amines is 1. The van der Waals surface area contributed by atoms with Gasteiger partial charge in [-0.1, -0.05) is 11.6 Å². The molecule has 3 N–H and O–H groups in total. The number of amides is 2. The molecule has 0 radical (unpaired) electrons. The number of H-pyrrole nitrogens is 1. The number of aliphatic hydroxyl groups is 1. The molecule has 0 aliphatic carbocycles. The van der Waals surface area contributed by atoms with Crippen LogP contribution in [0.1, 0.15) is 17.3 Å². The number of pyridine rings is 1. The zero-order chi connectivity index (χ0) is 23.9. The second-order valence-electron chi connectivity index (χ2n) is 7.80. The van der Waals surface area contributed by atoms with Crippen molar-refractivity contribution in [2.75, 3.05) is 32.1 Å². The molecule has 2 heterocycles. The third-order valence-corrected chi connectivity index (χ3v) is 6.00. The average molecular weight is 481 g/mol. The van der Waals surface area contributed by atoms with Gasteiger partial charge in [-0.2, -0.15) is 0 Å². The van der Waals surface area contributed by atoms with Gasteiger partial charge in [0.25, 0.3) is 5.56 Å². The standard InChI is InChI=1S/C22H20ClF3N4O3/c1-29(22(33)27-11-2-3-15(24)14(23)6-11)19-10-30(4-5-31)9-18-20(19)12-7-16(25)17(26)8-13(12)21(32)28-18/h2-3,6-8,19,31H,4-5,9-10H2,1H3,(H,27,33)(H,28,32)/t19-/m1/s1. The fourth-order valence-corrected chi connectivity index (χ4v) is 4.26. The molecule has 2 aromatic carbocycles. The molecule has 1 aliphatic rings. The number of aliphatic hydroxyl groups excluding tert-OH is 1. The molecule has 0 saturated heterocycles. The Morgan fingerprint density at radius 1 is 1.21 bits per heavy atom. The van der Waals surface area contributed by atoms with E-state index in [4.69, 9.17) is 11.6 Å². The average Bonchev–Trinajstić information content (AvgIpc) is 2.77. The number of likely N-dealkylation sites (N-methyl/N-ethyl adjacent to an activating group) is 1. The van der Waals surface area contributed by atoms with Crippen LogP contribution in [0.15, 0.2) is 35.1 Å². The molecule has 33 heavy (non-hydrogen) atoms. The molecule has 0 spiro atoms. The molecule has 2 amide bonds. The van der Waals surface area contributed by atoms with Gasteiger partial charge in [0.05, 0.1) is 23.1 Å². The van der Waals surface area contributed by atoms with Crippen LogP contribution in [0.4, 0.5) is 23.7 Å². The van der Waals surface area contributed by atoms with Crippen LogP contribution in [0.3, 0.4) is 0 Å². The van der Waals surface area contributed by atoms with Crippen LogP contribution in [-0.2, 0) is 6.54 Å². The predicted octanol–water partition coefficient (Wildman–Crippen LogP) is 3.61. The first kappa shape index (κ1) is 23.1. The summed E-state index contributed by atoms with van der Waals surface area (Å²) in [6.07, 6.45) is 0. The Hall–Kier alpha value is -3.08. The summed E-state index contributed by atoms with van der Waals surface area (Å²) in [4.78, 5) is 31.4. The van der Waals surface area contributed by atoms with Crippen molar-refractivity contribution in [1.82, 2.24) is 14.8 Å². The van der Waals surface area contributed by atoms with Gasteiger partial charge in [-0.05, 0) is 35.7 Å². The van der Waals surface area contributed by atoms with Crippen LogP contribution >= 0.6 is 11.6 Å². The number of benzene rings is 2. The number of hydrogen-bond donors (Lipinski definition) is 3. The van der Waals surface area contributed by atoms with Crippen molar-refractivity contribution in [3.8, 4) is 0 Å². The number of rotatable bonds is 4. The molecule has 0 fully saturated rings. The number of nitrogens with one attached hydrogen (secondary N) is 2. The van der Waals surface area contributed by atoms with Gasteiger partial charge in [-0.15, -0.1) is 0 Å². The number of fused-ring (bicyclic) bond motifs is 3. The molecular weight excluding hydrogens is 461 g/mol. The minimum absolute atomic E-state index is 0.0348. The Morgan fingerprint density at radius 3 is 2.58 bits per heavy atom. The van der Waals surface area contributed by atoms with E-state index in [1.165, 1.54) is 24.1 Å². The summed E-state index contributed by atoms with van der Waals surface area (Å²) in [5.74, 6) is -2.89. The SMILES string of the molecule is CN(C(=O)Nc1ccc(F)c(Cl)c1)[C@@H]1CN(CCO)Cc2[nH]c(=O)c3cc(F)c(F)cc3c21. The summed E-state index contributed by atoms with van der Waals surface area (Å²) in [7, 11) is 1.51. The summed E-state index contributed by atoms with van der Waals surface area (Å²) >= 11 is 5.78. The van der Waals surface area contributed by atoms with Crippen LogP contribution in [0, 0.1) is 17.5 Å². The van der Waals surface area contributed by atoms with E-state index in [1.807, 2.05) is 4.90 Å². The number of halogens is 4. The van der Waals surface area contributed by atoms with E-state index in [-0.39, 0.29) is 47.7 Å². The van der Waals surface area contributed by atoms with Crippen LogP contribution < -0.4 is 10.9 Å². The lowest BCUT2D eigenvalue weighted by atomic mass is 9.93. The summed E-state index contributed by atoms with van der Waals surface area (Å²) in [6.45, 7) is 0.641. The monoisotopic (exact) mass is 480 g/mol. The normalized spacial score (nSPS) is 16.0. The number of anilines is 1. The van der Waals surface area contributed by atoms with Crippen LogP contribution in [-0.4, -0.2) is 52.7 Å². The number of nitrogens with zero attached hydrogens (tertiary/aromatic N) is 2. The maximum Gasteiger partial charge on any atom is 0.322 e.